The normalized spacial score (nSPS) is 12.0. The summed E-state index contributed by atoms with van der Waals surface area (Å²) in [5.41, 5.74) is 1.60. The number of rotatable bonds is 5. The van der Waals surface area contributed by atoms with Crippen LogP contribution in [0.5, 0.6) is 5.75 Å². The topological polar surface area (TPSA) is 38.3 Å². The molecular formula is C13H18ClNO2. The van der Waals surface area contributed by atoms with Gasteiger partial charge < -0.3 is 10.1 Å². The van der Waals surface area contributed by atoms with Crippen molar-refractivity contribution in [1.29, 1.82) is 0 Å². The number of hydrogen-bond donors (Lipinski definition) is 1. The van der Waals surface area contributed by atoms with Gasteiger partial charge in [0, 0.05) is 12.1 Å². The molecule has 1 rings (SSSR count). The van der Waals surface area contributed by atoms with Crippen LogP contribution in [-0.4, -0.2) is 24.9 Å². The molecule has 0 spiro atoms. The third-order valence-electron chi connectivity index (χ3n) is 2.60. The van der Waals surface area contributed by atoms with Crippen molar-refractivity contribution in [3.8, 4) is 5.75 Å². The van der Waals surface area contributed by atoms with Gasteiger partial charge in [-0.3, -0.25) is 4.79 Å². The average Bonchev–Trinajstić information content (AvgIpc) is 2.35. The van der Waals surface area contributed by atoms with Crippen molar-refractivity contribution in [2.24, 2.45) is 0 Å². The minimum absolute atomic E-state index is 0.0220. The van der Waals surface area contributed by atoms with E-state index in [1.807, 2.05) is 19.9 Å². The quantitative estimate of drug-likeness (QED) is 0.822. The molecule has 0 fully saturated rings. The summed E-state index contributed by atoms with van der Waals surface area (Å²) in [4.78, 5) is 11.8. The van der Waals surface area contributed by atoms with Gasteiger partial charge in [-0.05, 0) is 31.0 Å². The van der Waals surface area contributed by atoms with Gasteiger partial charge in [-0.25, -0.2) is 0 Å². The largest absolute Gasteiger partial charge is 0.496 e. The van der Waals surface area contributed by atoms with E-state index in [-0.39, 0.29) is 11.3 Å². The highest BCUT2D eigenvalue weighted by atomic mass is 35.5. The summed E-state index contributed by atoms with van der Waals surface area (Å²) in [6.07, 6.45) is 0.832. The first-order valence-electron chi connectivity index (χ1n) is 5.65. The summed E-state index contributed by atoms with van der Waals surface area (Å²) in [7, 11) is 1.59. The maximum atomic E-state index is 11.8. The Balaban J connectivity index is 2.69. The van der Waals surface area contributed by atoms with Crippen LogP contribution in [0.3, 0.4) is 0 Å². The molecule has 1 aromatic carbocycles. The second-order valence-electron chi connectivity index (χ2n) is 3.90. The molecule has 0 heterocycles. The summed E-state index contributed by atoms with van der Waals surface area (Å²) >= 11 is 5.94. The fourth-order valence-corrected chi connectivity index (χ4v) is 1.49. The number of ether oxygens (including phenoxy) is 1. The first-order chi connectivity index (χ1) is 8.08. The van der Waals surface area contributed by atoms with Gasteiger partial charge in [0.25, 0.3) is 5.91 Å². The van der Waals surface area contributed by atoms with Crippen molar-refractivity contribution >= 4 is 17.5 Å². The number of nitrogens with one attached hydrogen (secondary N) is 1. The molecule has 0 aliphatic carbocycles. The summed E-state index contributed by atoms with van der Waals surface area (Å²) in [6, 6.07) is 5.38. The summed E-state index contributed by atoms with van der Waals surface area (Å²) in [5, 5.41) is 2.77. The molecule has 17 heavy (non-hydrogen) atoms. The molecule has 94 valence electrons. The molecule has 0 aliphatic rings. The Kier molecular flexibility index (Phi) is 5.29. The van der Waals surface area contributed by atoms with Crippen LogP contribution in [0.2, 0.25) is 0 Å². The molecule has 3 nitrogen and oxygen atoms in total. The standard InChI is InChI=1S/C13H18ClNO2/c1-4-11(14)8-15-13(16)10-6-5-9(2)12(7-10)17-3/h5-7,11H,4,8H2,1-3H3,(H,15,16). The Bertz CT molecular complexity index is 393. The van der Waals surface area contributed by atoms with Gasteiger partial charge in [-0.15, -0.1) is 11.6 Å². The van der Waals surface area contributed by atoms with Crippen molar-refractivity contribution in [1.82, 2.24) is 5.32 Å². The van der Waals surface area contributed by atoms with E-state index in [0.29, 0.717) is 12.1 Å². The van der Waals surface area contributed by atoms with Gasteiger partial charge in [0.15, 0.2) is 0 Å². The fourth-order valence-electron chi connectivity index (χ4n) is 1.41. The van der Waals surface area contributed by atoms with Gasteiger partial charge in [-0.1, -0.05) is 13.0 Å². The van der Waals surface area contributed by atoms with E-state index in [4.69, 9.17) is 16.3 Å². The third-order valence-corrected chi connectivity index (χ3v) is 3.06. The zero-order valence-corrected chi connectivity index (χ0v) is 11.2. The first kappa shape index (κ1) is 13.8. The zero-order chi connectivity index (χ0) is 12.8. The average molecular weight is 256 g/mol. The Morgan fingerprint density at radius 3 is 2.82 bits per heavy atom. The number of methoxy groups -OCH3 is 1. The molecule has 4 heteroatoms. The van der Waals surface area contributed by atoms with Crippen LogP contribution in [0.15, 0.2) is 18.2 Å². The van der Waals surface area contributed by atoms with Crippen LogP contribution >= 0.6 is 11.6 Å². The molecule has 0 aromatic heterocycles. The lowest BCUT2D eigenvalue weighted by molar-refractivity contribution is 0.0953. The molecule has 0 bridgehead atoms. The van der Waals surface area contributed by atoms with Crippen LogP contribution in [0.25, 0.3) is 0 Å². The predicted molar refractivity (Wildman–Crippen MR) is 70.0 cm³/mol. The summed E-state index contributed by atoms with van der Waals surface area (Å²) in [5.74, 6) is 0.595. The molecule has 0 saturated heterocycles. The maximum Gasteiger partial charge on any atom is 0.251 e. The summed E-state index contributed by atoms with van der Waals surface area (Å²) in [6.45, 7) is 4.40. The second kappa shape index (κ2) is 6.50. The molecule has 1 unspecified atom stereocenters. The molecular weight excluding hydrogens is 238 g/mol. The SMILES string of the molecule is CCC(Cl)CNC(=O)c1ccc(C)c(OC)c1. The minimum atomic E-state index is -0.123. The Morgan fingerprint density at radius 1 is 1.53 bits per heavy atom. The number of carbonyl (C=O) groups excluding carboxylic acids is 1. The smallest absolute Gasteiger partial charge is 0.251 e. The lowest BCUT2D eigenvalue weighted by Gasteiger charge is -2.10. The van der Waals surface area contributed by atoms with Crippen LogP contribution in [0, 0.1) is 6.92 Å². The molecule has 1 atom stereocenters. The van der Waals surface area contributed by atoms with Crippen molar-refractivity contribution in [2.45, 2.75) is 25.6 Å². The van der Waals surface area contributed by atoms with E-state index in [1.165, 1.54) is 0 Å². The van der Waals surface area contributed by atoms with Gasteiger partial charge in [0.05, 0.1) is 12.5 Å². The van der Waals surface area contributed by atoms with Crippen LogP contribution in [0.4, 0.5) is 0 Å². The number of carbonyl (C=O) groups is 1. The monoisotopic (exact) mass is 255 g/mol. The molecule has 1 amide bonds. The number of amides is 1. The van der Waals surface area contributed by atoms with Crippen molar-refractivity contribution in [2.75, 3.05) is 13.7 Å². The minimum Gasteiger partial charge on any atom is -0.496 e. The fraction of sp³-hybridized carbons (Fsp3) is 0.462. The summed E-state index contributed by atoms with van der Waals surface area (Å²) < 4.78 is 5.18. The van der Waals surface area contributed by atoms with Crippen molar-refractivity contribution in [3.05, 3.63) is 29.3 Å². The van der Waals surface area contributed by atoms with Gasteiger partial charge in [0.1, 0.15) is 5.75 Å². The lowest BCUT2D eigenvalue weighted by Crippen LogP contribution is -2.29. The number of halogens is 1. The van der Waals surface area contributed by atoms with E-state index in [0.717, 1.165) is 17.7 Å². The van der Waals surface area contributed by atoms with E-state index in [9.17, 15) is 4.79 Å². The van der Waals surface area contributed by atoms with Gasteiger partial charge in [0.2, 0.25) is 0 Å². The number of benzene rings is 1. The van der Waals surface area contributed by atoms with Gasteiger partial charge in [-0.2, -0.15) is 0 Å². The van der Waals surface area contributed by atoms with Crippen LogP contribution in [0.1, 0.15) is 29.3 Å². The molecule has 1 aromatic rings. The number of alkyl halides is 1. The highest BCUT2D eigenvalue weighted by Crippen LogP contribution is 2.18. The maximum absolute atomic E-state index is 11.8. The van der Waals surface area contributed by atoms with E-state index >= 15 is 0 Å². The number of hydrogen-bond acceptors (Lipinski definition) is 2. The van der Waals surface area contributed by atoms with Crippen molar-refractivity contribution < 1.29 is 9.53 Å². The van der Waals surface area contributed by atoms with E-state index in [1.54, 1.807) is 19.2 Å². The molecule has 0 radical (unpaired) electrons. The second-order valence-corrected chi connectivity index (χ2v) is 4.52. The Hall–Kier alpha value is -1.22. The molecule has 0 aliphatic heterocycles. The Morgan fingerprint density at radius 2 is 2.24 bits per heavy atom. The van der Waals surface area contributed by atoms with Crippen LogP contribution in [-0.2, 0) is 0 Å². The van der Waals surface area contributed by atoms with Crippen LogP contribution < -0.4 is 10.1 Å². The first-order valence-corrected chi connectivity index (χ1v) is 6.09. The van der Waals surface area contributed by atoms with Gasteiger partial charge >= 0.3 is 0 Å². The van der Waals surface area contributed by atoms with E-state index in [2.05, 4.69) is 5.32 Å². The van der Waals surface area contributed by atoms with Crippen molar-refractivity contribution in [3.63, 3.8) is 0 Å². The molecule has 1 N–H and O–H groups in total. The molecule has 0 saturated carbocycles. The predicted octanol–water partition coefficient (Wildman–Crippen LogP) is 2.75. The third kappa shape index (κ3) is 3.93. The highest BCUT2D eigenvalue weighted by molar-refractivity contribution is 6.20. The van der Waals surface area contributed by atoms with E-state index < -0.39 is 0 Å². The number of aryl methyl sites for hydroxylation is 1. The lowest BCUT2D eigenvalue weighted by atomic mass is 10.1. The Labute approximate surface area is 107 Å². The highest BCUT2D eigenvalue weighted by Gasteiger charge is 2.09. The zero-order valence-electron chi connectivity index (χ0n) is 10.4.